The number of carbonyl (C=O) groups is 1. The molecule has 92 valence electrons. The molecule has 0 radical (unpaired) electrons. The highest BCUT2D eigenvalue weighted by Gasteiger charge is 2.12. The number of aliphatic carboxylic acids is 1. The summed E-state index contributed by atoms with van der Waals surface area (Å²) in [5.74, 6) is -0.877. The zero-order valence-electron chi connectivity index (χ0n) is 10.3. The Bertz CT molecular complexity index is 402. The van der Waals surface area contributed by atoms with Crippen LogP contribution in [0, 0.1) is 0 Å². The largest absolute Gasteiger partial charge is 0.478 e. The van der Waals surface area contributed by atoms with Crippen LogP contribution in [0.15, 0.2) is 42.0 Å². The van der Waals surface area contributed by atoms with Crippen molar-refractivity contribution in [1.82, 2.24) is 0 Å². The highest BCUT2D eigenvalue weighted by molar-refractivity contribution is 5.87. The fraction of sp³-hybridized carbons (Fsp3) is 0.357. The molecule has 17 heavy (non-hydrogen) atoms. The first-order valence-corrected chi connectivity index (χ1v) is 5.63. The standard InChI is InChI=1S/C14H19NO2/c1-14(2,15)9-8-12(13(16)17)10-11-6-4-3-5-7-11/h3-8H,9-10,15H2,1-2H3,(H,16,17). The normalized spacial score (nSPS) is 12.5. The SMILES string of the molecule is CC(C)(N)CC=C(Cc1ccccc1)C(=O)O. The molecule has 0 aliphatic heterocycles. The van der Waals surface area contributed by atoms with Crippen molar-refractivity contribution in [3.05, 3.63) is 47.5 Å². The predicted molar refractivity (Wildman–Crippen MR) is 68.7 cm³/mol. The van der Waals surface area contributed by atoms with Crippen LogP contribution in [0.5, 0.6) is 0 Å². The van der Waals surface area contributed by atoms with Crippen molar-refractivity contribution in [3.8, 4) is 0 Å². The van der Waals surface area contributed by atoms with E-state index in [1.807, 2.05) is 44.2 Å². The van der Waals surface area contributed by atoms with Gasteiger partial charge in [0.15, 0.2) is 0 Å². The predicted octanol–water partition coefficient (Wildman–Crippen LogP) is 2.37. The second-order valence-electron chi connectivity index (χ2n) is 4.89. The first-order chi connectivity index (χ1) is 7.88. The Morgan fingerprint density at radius 2 is 1.94 bits per heavy atom. The summed E-state index contributed by atoms with van der Waals surface area (Å²) < 4.78 is 0. The Morgan fingerprint density at radius 3 is 2.41 bits per heavy atom. The third kappa shape index (κ3) is 5.31. The van der Waals surface area contributed by atoms with Crippen LogP contribution >= 0.6 is 0 Å². The summed E-state index contributed by atoms with van der Waals surface area (Å²) in [6.07, 6.45) is 2.71. The lowest BCUT2D eigenvalue weighted by Crippen LogP contribution is -2.31. The molecule has 3 N–H and O–H groups in total. The second kappa shape index (κ2) is 5.64. The van der Waals surface area contributed by atoms with Gasteiger partial charge in [0, 0.05) is 17.5 Å². The average Bonchev–Trinajstić information content (AvgIpc) is 2.24. The number of carboxylic acids is 1. The molecule has 0 saturated heterocycles. The van der Waals surface area contributed by atoms with Gasteiger partial charge in [-0.25, -0.2) is 4.79 Å². The molecular weight excluding hydrogens is 214 g/mol. The van der Waals surface area contributed by atoms with Crippen LogP contribution in [0.1, 0.15) is 25.8 Å². The molecule has 0 aromatic heterocycles. The fourth-order valence-corrected chi connectivity index (χ4v) is 1.44. The topological polar surface area (TPSA) is 63.3 Å². The smallest absolute Gasteiger partial charge is 0.331 e. The van der Waals surface area contributed by atoms with Crippen LogP contribution in [0.25, 0.3) is 0 Å². The zero-order valence-corrected chi connectivity index (χ0v) is 10.3. The molecular formula is C14H19NO2. The number of rotatable bonds is 5. The highest BCUT2D eigenvalue weighted by atomic mass is 16.4. The lowest BCUT2D eigenvalue weighted by atomic mass is 9.98. The quantitative estimate of drug-likeness (QED) is 0.767. The van der Waals surface area contributed by atoms with Gasteiger partial charge in [-0.05, 0) is 25.8 Å². The molecule has 0 spiro atoms. The Kier molecular flexibility index (Phi) is 4.46. The van der Waals surface area contributed by atoms with Crippen molar-refractivity contribution < 1.29 is 9.90 Å². The minimum atomic E-state index is -0.877. The lowest BCUT2D eigenvalue weighted by Gasteiger charge is -2.16. The van der Waals surface area contributed by atoms with Crippen LogP contribution in [0.3, 0.4) is 0 Å². The van der Waals surface area contributed by atoms with Crippen molar-refractivity contribution in [1.29, 1.82) is 0 Å². The molecule has 0 amide bonds. The molecule has 0 heterocycles. The van der Waals surface area contributed by atoms with Gasteiger partial charge in [-0.3, -0.25) is 0 Å². The van der Waals surface area contributed by atoms with E-state index in [0.717, 1.165) is 5.56 Å². The van der Waals surface area contributed by atoms with E-state index in [1.54, 1.807) is 6.08 Å². The molecule has 0 saturated carbocycles. The van der Waals surface area contributed by atoms with E-state index < -0.39 is 5.97 Å². The van der Waals surface area contributed by atoms with Crippen LogP contribution in [0.2, 0.25) is 0 Å². The molecule has 0 bridgehead atoms. The lowest BCUT2D eigenvalue weighted by molar-refractivity contribution is -0.132. The second-order valence-corrected chi connectivity index (χ2v) is 4.89. The van der Waals surface area contributed by atoms with Gasteiger partial charge >= 0.3 is 5.97 Å². The van der Waals surface area contributed by atoms with Gasteiger partial charge in [0.2, 0.25) is 0 Å². The Balaban J connectivity index is 2.78. The van der Waals surface area contributed by atoms with Crippen molar-refractivity contribution in [2.75, 3.05) is 0 Å². The van der Waals surface area contributed by atoms with Crippen molar-refractivity contribution in [2.45, 2.75) is 32.2 Å². The number of hydrogen-bond donors (Lipinski definition) is 2. The maximum Gasteiger partial charge on any atom is 0.331 e. The first-order valence-electron chi connectivity index (χ1n) is 5.63. The van der Waals surface area contributed by atoms with Gasteiger partial charge in [-0.1, -0.05) is 36.4 Å². The molecule has 1 aromatic carbocycles. The van der Waals surface area contributed by atoms with Crippen molar-refractivity contribution >= 4 is 5.97 Å². The van der Waals surface area contributed by atoms with Gasteiger partial charge in [0.1, 0.15) is 0 Å². The van der Waals surface area contributed by atoms with Crippen LogP contribution < -0.4 is 5.73 Å². The van der Waals surface area contributed by atoms with E-state index in [4.69, 9.17) is 10.8 Å². The molecule has 0 fully saturated rings. The molecule has 0 unspecified atom stereocenters. The summed E-state index contributed by atoms with van der Waals surface area (Å²) in [5.41, 5.74) is 6.86. The molecule has 3 nitrogen and oxygen atoms in total. The Hall–Kier alpha value is -1.61. The number of benzene rings is 1. The number of hydrogen-bond acceptors (Lipinski definition) is 2. The van der Waals surface area contributed by atoms with Crippen molar-refractivity contribution in [3.63, 3.8) is 0 Å². The number of carboxylic acid groups (broad SMARTS) is 1. The molecule has 0 atom stereocenters. The van der Waals surface area contributed by atoms with E-state index in [2.05, 4.69) is 0 Å². The molecule has 3 heteroatoms. The van der Waals surface area contributed by atoms with E-state index in [9.17, 15) is 4.79 Å². The molecule has 1 aromatic rings. The summed E-state index contributed by atoms with van der Waals surface area (Å²) in [5, 5.41) is 9.12. The maximum atomic E-state index is 11.1. The Morgan fingerprint density at radius 1 is 1.35 bits per heavy atom. The molecule has 1 rings (SSSR count). The minimum Gasteiger partial charge on any atom is -0.478 e. The molecule has 0 aliphatic rings. The average molecular weight is 233 g/mol. The summed E-state index contributed by atoms with van der Waals surface area (Å²) in [6.45, 7) is 3.76. The minimum absolute atomic E-state index is 0.378. The number of nitrogens with two attached hydrogens (primary N) is 1. The van der Waals surface area contributed by atoms with Crippen LogP contribution in [-0.2, 0) is 11.2 Å². The summed E-state index contributed by atoms with van der Waals surface area (Å²) in [6, 6.07) is 9.56. The third-order valence-corrected chi connectivity index (χ3v) is 2.39. The van der Waals surface area contributed by atoms with E-state index in [-0.39, 0.29) is 5.54 Å². The van der Waals surface area contributed by atoms with Gasteiger partial charge in [-0.2, -0.15) is 0 Å². The third-order valence-electron chi connectivity index (χ3n) is 2.39. The van der Waals surface area contributed by atoms with Crippen molar-refractivity contribution in [2.24, 2.45) is 5.73 Å². The van der Waals surface area contributed by atoms with E-state index >= 15 is 0 Å². The highest BCUT2D eigenvalue weighted by Crippen LogP contribution is 2.12. The summed E-state index contributed by atoms with van der Waals surface area (Å²) in [7, 11) is 0. The van der Waals surface area contributed by atoms with E-state index in [1.165, 1.54) is 0 Å². The zero-order chi connectivity index (χ0) is 12.9. The molecule has 0 aliphatic carbocycles. The summed E-state index contributed by atoms with van der Waals surface area (Å²) in [4.78, 5) is 11.1. The van der Waals surface area contributed by atoms with Crippen LogP contribution in [-0.4, -0.2) is 16.6 Å². The fourth-order valence-electron chi connectivity index (χ4n) is 1.44. The first kappa shape index (κ1) is 13.5. The Labute approximate surface area is 102 Å². The van der Waals surface area contributed by atoms with Gasteiger partial charge in [0.05, 0.1) is 0 Å². The van der Waals surface area contributed by atoms with Gasteiger partial charge < -0.3 is 10.8 Å². The summed E-state index contributed by atoms with van der Waals surface area (Å²) >= 11 is 0. The van der Waals surface area contributed by atoms with Crippen LogP contribution in [0.4, 0.5) is 0 Å². The van der Waals surface area contributed by atoms with Gasteiger partial charge in [0.25, 0.3) is 0 Å². The van der Waals surface area contributed by atoms with Gasteiger partial charge in [-0.15, -0.1) is 0 Å². The van der Waals surface area contributed by atoms with E-state index in [0.29, 0.717) is 18.4 Å². The maximum absolute atomic E-state index is 11.1. The monoisotopic (exact) mass is 233 g/mol.